The first-order chi connectivity index (χ1) is 7.54. The Kier molecular flexibility index (Phi) is 7.49. The van der Waals surface area contributed by atoms with E-state index in [1.54, 1.807) is 0 Å². The molecule has 6 nitrogen and oxygen atoms in total. The van der Waals surface area contributed by atoms with Crippen molar-refractivity contribution in [3.63, 3.8) is 0 Å². The van der Waals surface area contributed by atoms with Crippen LogP contribution in [0.25, 0.3) is 0 Å². The summed E-state index contributed by atoms with van der Waals surface area (Å²) in [6, 6.07) is -0.939. The van der Waals surface area contributed by atoms with E-state index in [9.17, 15) is 9.59 Å². The predicted octanol–water partition coefficient (Wildman–Crippen LogP) is 0.0710. The van der Waals surface area contributed by atoms with Crippen LogP contribution in [0.3, 0.4) is 0 Å². The van der Waals surface area contributed by atoms with Gasteiger partial charge in [-0.3, -0.25) is 9.80 Å². The summed E-state index contributed by atoms with van der Waals surface area (Å²) in [5.74, 6) is 4.11. The molecule has 16 heavy (non-hydrogen) atoms. The molecule has 0 aliphatic heterocycles. The molecular weight excluding hydrogens is 210 g/mol. The molecule has 1 amide bonds. The van der Waals surface area contributed by atoms with Crippen molar-refractivity contribution in [1.82, 2.24) is 5.01 Å². The third-order valence-electron chi connectivity index (χ3n) is 2.30. The second kappa shape index (κ2) is 8.06. The number of nitrogens with zero attached hydrogens (tertiary/aromatic N) is 1. The topological polar surface area (TPSA) is 110 Å². The van der Waals surface area contributed by atoms with Gasteiger partial charge in [-0.25, -0.2) is 10.6 Å². The van der Waals surface area contributed by atoms with E-state index < -0.39 is 12.0 Å². The van der Waals surface area contributed by atoms with Gasteiger partial charge in [-0.05, 0) is 32.2 Å². The van der Waals surface area contributed by atoms with E-state index in [-0.39, 0.29) is 12.3 Å². The van der Waals surface area contributed by atoms with Crippen LogP contribution in [-0.2, 0) is 9.59 Å². The van der Waals surface area contributed by atoms with Crippen LogP contribution in [0.4, 0.5) is 0 Å². The summed E-state index contributed by atoms with van der Waals surface area (Å²) in [6.07, 6.45) is 2.66. The molecule has 0 rings (SSSR count). The Hall–Kier alpha value is -1.14. The highest BCUT2D eigenvalue weighted by Crippen LogP contribution is 2.08. The van der Waals surface area contributed by atoms with Crippen LogP contribution in [0.2, 0.25) is 0 Å². The van der Waals surface area contributed by atoms with Gasteiger partial charge in [0.05, 0.1) is 0 Å². The van der Waals surface area contributed by atoms with Crippen LogP contribution >= 0.6 is 0 Å². The maximum absolute atomic E-state index is 11.4. The Labute approximate surface area is 95.6 Å². The molecule has 0 fully saturated rings. The number of aliphatic carboxylic acids is 1. The number of carbonyl (C=O) groups is 2. The van der Waals surface area contributed by atoms with Crippen LogP contribution in [0.1, 0.15) is 39.0 Å². The molecule has 0 saturated heterocycles. The lowest BCUT2D eigenvalue weighted by atomic mass is 10.1. The quantitative estimate of drug-likeness (QED) is 0.237. The van der Waals surface area contributed by atoms with Crippen molar-refractivity contribution in [2.45, 2.75) is 45.1 Å². The fourth-order valence-corrected chi connectivity index (χ4v) is 1.38. The number of nitrogens with two attached hydrogens (primary N) is 2. The molecule has 0 aliphatic carbocycles. The minimum absolute atomic E-state index is 0.275. The zero-order chi connectivity index (χ0) is 12.6. The van der Waals surface area contributed by atoms with Gasteiger partial charge in [0.25, 0.3) is 0 Å². The number of rotatable bonds is 8. The van der Waals surface area contributed by atoms with Crippen LogP contribution in [0, 0.1) is 0 Å². The van der Waals surface area contributed by atoms with Crippen molar-refractivity contribution in [1.29, 1.82) is 0 Å². The second-order valence-electron chi connectivity index (χ2n) is 3.69. The standard InChI is InChI=1S/C10H21N3O3/c1-2-5-9(14)13(12)8(10(15)16)6-3-4-7-11/h8H,2-7,11-12H2,1H3,(H,15,16). The van der Waals surface area contributed by atoms with Gasteiger partial charge in [0.15, 0.2) is 0 Å². The molecule has 0 aromatic carbocycles. The van der Waals surface area contributed by atoms with E-state index >= 15 is 0 Å². The molecule has 6 heteroatoms. The van der Waals surface area contributed by atoms with Crippen molar-refractivity contribution in [3.8, 4) is 0 Å². The van der Waals surface area contributed by atoms with Gasteiger partial charge in [-0.1, -0.05) is 6.92 Å². The number of carbonyl (C=O) groups excluding carboxylic acids is 1. The van der Waals surface area contributed by atoms with Gasteiger partial charge in [0, 0.05) is 6.42 Å². The van der Waals surface area contributed by atoms with E-state index in [0.29, 0.717) is 25.8 Å². The molecule has 0 aromatic rings. The van der Waals surface area contributed by atoms with Crippen LogP contribution in [0.15, 0.2) is 0 Å². The zero-order valence-electron chi connectivity index (χ0n) is 9.69. The largest absolute Gasteiger partial charge is 0.480 e. The Balaban J connectivity index is 4.28. The highest BCUT2D eigenvalue weighted by Gasteiger charge is 2.26. The molecule has 0 bridgehead atoms. The van der Waals surface area contributed by atoms with E-state index in [1.165, 1.54) is 0 Å². The molecule has 1 unspecified atom stereocenters. The normalized spacial score (nSPS) is 12.2. The number of hydrazine groups is 1. The fourth-order valence-electron chi connectivity index (χ4n) is 1.38. The van der Waals surface area contributed by atoms with E-state index in [0.717, 1.165) is 11.4 Å². The van der Waals surface area contributed by atoms with Gasteiger partial charge in [-0.15, -0.1) is 0 Å². The molecule has 0 spiro atoms. The molecule has 1 atom stereocenters. The summed E-state index contributed by atoms with van der Waals surface area (Å²) < 4.78 is 0. The van der Waals surface area contributed by atoms with Gasteiger partial charge in [-0.2, -0.15) is 0 Å². The van der Waals surface area contributed by atoms with Gasteiger partial charge in [0.2, 0.25) is 5.91 Å². The van der Waals surface area contributed by atoms with Crippen LogP contribution in [0.5, 0.6) is 0 Å². The van der Waals surface area contributed by atoms with Gasteiger partial charge >= 0.3 is 5.97 Å². The van der Waals surface area contributed by atoms with Crippen molar-refractivity contribution in [2.75, 3.05) is 6.54 Å². The second-order valence-corrected chi connectivity index (χ2v) is 3.69. The van der Waals surface area contributed by atoms with E-state index in [1.807, 2.05) is 6.92 Å². The van der Waals surface area contributed by atoms with Crippen molar-refractivity contribution < 1.29 is 14.7 Å². The third-order valence-corrected chi connectivity index (χ3v) is 2.30. The average Bonchev–Trinajstić information content (AvgIpc) is 2.23. The van der Waals surface area contributed by atoms with Crippen molar-refractivity contribution in [2.24, 2.45) is 11.6 Å². The van der Waals surface area contributed by atoms with Gasteiger partial charge in [0.1, 0.15) is 6.04 Å². The Morgan fingerprint density at radius 1 is 1.38 bits per heavy atom. The summed E-state index contributed by atoms with van der Waals surface area (Å²) in [7, 11) is 0. The van der Waals surface area contributed by atoms with Crippen LogP contribution in [-0.4, -0.2) is 34.6 Å². The maximum Gasteiger partial charge on any atom is 0.328 e. The smallest absolute Gasteiger partial charge is 0.328 e. The number of unbranched alkanes of at least 4 members (excludes halogenated alkanes) is 1. The molecule has 94 valence electrons. The molecule has 0 saturated carbocycles. The Bertz CT molecular complexity index is 233. The first-order valence-electron chi connectivity index (χ1n) is 5.54. The highest BCUT2D eigenvalue weighted by atomic mass is 16.4. The van der Waals surface area contributed by atoms with Crippen molar-refractivity contribution in [3.05, 3.63) is 0 Å². The lowest BCUT2D eigenvalue weighted by molar-refractivity contribution is -0.150. The number of carboxylic acids is 1. The number of hydrogen-bond donors (Lipinski definition) is 3. The molecular formula is C10H21N3O3. The summed E-state index contributed by atoms with van der Waals surface area (Å²) >= 11 is 0. The maximum atomic E-state index is 11.4. The molecule has 0 heterocycles. The fraction of sp³-hybridized carbons (Fsp3) is 0.800. The first kappa shape index (κ1) is 14.9. The zero-order valence-corrected chi connectivity index (χ0v) is 9.69. The predicted molar refractivity (Wildman–Crippen MR) is 60.3 cm³/mol. The Morgan fingerprint density at radius 2 is 2.00 bits per heavy atom. The highest BCUT2D eigenvalue weighted by molar-refractivity contribution is 5.83. The number of carboxylic acid groups (broad SMARTS) is 1. The van der Waals surface area contributed by atoms with Crippen LogP contribution < -0.4 is 11.6 Å². The molecule has 0 aromatic heterocycles. The minimum atomic E-state index is -1.07. The van der Waals surface area contributed by atoms with E-state index in [2.05, 4.69) is 0 Å². The molecule has 5 N–H and O–H groups in total. The lowest BCUT2D eigenvalue weighted by Crippen LogP contribution is -2.49. The summed E-state index contributed by atoms with van der Waals surface area (Å²) in [4.78, 5) is 22.4. The summed E-state index contributed by atoms with van der Waals surface area (Å²) in [6.45, 7) is 2.36. The Morgan fingerprint density at radius 3 is 2.44 bits per heavy atom. The molecule has 0 radical (unpaired) electrons. The van der Waals surface area contributed by atoms with E-state index in [4.69, 9.17) is 16.7 Å². The molecule has 0 aliphatic rings. The first-order valence-corrected chi connectivity index (χ1v) is 5.54. The average molecular weight is 231 g/mol. The van der Waals surface area contributed by atoms with Gasteiger partial charge < -0.3 is 10.8 Å². The van der Waals surface area contributed by atoms with Crippen molar-refractivity contribution >= 4 is 11.9 Å². The summed E-state index contributed by atoms with van der Waals surface area (Å²) in [5.41, 5.74) is 5.32. The lowest BCUT2D eigenvalue weighted by Gasteiger charge is -2.23. The monoisotopic (exact) mass is 231 g/mol. The number of amides is 1. The number of hydrogen-bond acceptors (Lipinski definition) is 4. The summed E-state index contributed by atoms with van der Waals surface area (Å²) in [5, 5.41) is 9.79. The minimum Gasteiger partial charge on any atom is -0.480 e. The third kappa shape index (κ3) is 5.09. The SMILES string of the molecule is CCCC(=O)N(N)C(CCCCN)C(=O)O.